The molecule has 0 rings (SSSR count). The van der Waals surface area contributed by atoms with Crippen molar-refractivity contribution >= 4 is 33.6 Å². The monoisotopic (exact) mass is 1230 g/mol. The summed E-state index contributed by atoms with van der Waals surface area (Å²) in [5.74, 6) is -1.69. The van der Waals surface area contributed by atoms with E-state index in [2.05, 4.69) is 124 Å². The highest BCUT2D eigenvalue weighted by Crippen LogP contribution is 2.45. The maximum atomic E-state index is 12.9. The van der Waals surface area contributed by atoms with Crippen LogP contribution >= 0.6 is 15.6 Å². The van der Waals surface area contributed by atoms with E-state index in [1.54, 1.807) is 0 Å². The third-order valence-corrected chi connectivity index (χ3v) is 14.6. The number of hydrogen-bond acceptors (Lipinski definition) is 14. The van der Waals surface area contributed by atoms with Gasteiger partial charge in [-0.2, -0.15) is 0 Å². The summed E-state index contributed by atoms with van der Waals surface area (Å²) in [6.45, 7) is 2.29. The maximum Gasteiger partial charge on any atom is 0.472 e. The number of aliphatic hydroxyl groups excluding tert-OH is 2. The molecule has 486 valence electrons. The lowest BCUT2D eigenvalue weighted by atomic mass is 10.1. The van der Waals surface area contributed by atoms with E-state index >= 15 is 0 Å². The molecule has 0 aromatic rings. The van der Waals surface area contributed by atoms with Gasteiger partial charge in [-0.15, -0.1) is 0 Å². The Kier molecular flexibility index (Phi) is 57.4. The summed E-state index contributed by atoms with van der Waals surface area (Å²) in [5.41, 5.74) is 0. The van der Waals surface area contributed by atoms with E-state index in [1.165, 1.54) is 25.7 Å². The summed E-state index contributed by atoms with van der Waals surface area (Å²) in [7, 11) is -9.80. The van der Waals surface area contributed by atoms with Crippen LogP contribution in [0, 0.1) is 0 Å². The van der Waals surface area contributed by atoms with Crippen molar-refractivity contribution in [1.82, 2.24) is 0 Å². The molecule has 0 aromatic carbocycles. The topological polar surface area (TPSA) is 231 Å². The zero-order valence-electron chi connectivity index (χ0n) is 52.2. The fourth-order valence-electron chi connectivity index (χ4n) is 7.84. The van der Waals surface area contributed by atoms with Crippen molar-refractivity contribution in [2.24, 2.45) is 0 Å². The van der Waals surface area contributed by atoms with Crippen LogP contribution in [0.4, 0.5) is 0 Å². The van der Waals surface area contributed by atoms with Crippen molar-refractivity contribution in [3.05, 3.63) is 122 Å². The maximum absolute atomic E-state index is 12.9. The minimum atomic E-state index is -4.93. The molecule has 18 heteroatoms. The summed E-state index contributed by atoms with van der Waals surface area (Å²) < 4.78 is 60.6. The van der Waals surface area contributed by atoms with Gasteiger partial charge in [0.2, 0.25) is 0 Å². The van der Waals surface area contributed by atoms with Crippen molar-refractivity contribution in [1.29, 1.82) is 0 Å². The van der Waals surface area contributed by atoms with Gasteiger partial charge < -0.3 is 34.2 Å². The molecule has 0 aliphatic heterocycles. The van der Waals surface area contributed by atoms with Crippen LogP contribution in [0.2, 0.25) is 0 Å². The molecule has 5 atom stereocenters. The van der Waals surface area contributed by atoms with E-state index < -0.39 is 91.5 Å². The average molecular weight is 1240 g/mol. The van der Waals surface area contributed by atoms with Crippen LogP contribution in [0.1, 0.15) is 226 Å². The van der Waals surface area contributed by atoms with Gasteiger partial charge in [-0.05, 0) is 116 Å². The molecule has 16 nitrogen and oxygen atoms in total. The Morgan fingerprint density at radius 1 is 0.341 bits per heavy atom. The van der Waals surface area contributed by atoms with Crippen LogP contribution in [-0.2, 0) is 55.8 Å². The molecule has 0 saturated carbocycles. The van der Waals surface area contributed by atoms with E-state index in [0.717, 1.165) is 135 Å². The molecule has 0 fully saturated rings. The van der Waals surface area contributed by atoms with Gasteiger partial charge in [-0.1, -0.05) is 213 Å². The van der Waals surface area contributed by atoms with Gasteiger partial charge in [0.1, 0.15) is 25.4 Å². The first-order chi connectivity index (χ1) is 41.2. The second kappa shape index (κ2) is 60.2. The molecule has 5 unspecified atom stereocenters. The molecule has 0 saturated heterocycles. The van der Waals surface area contributed by atoms with E-state index in [4.69, 9.17) is 32.3 Å². The fourth-order valence-corrected chi connectivity index (χ4v) is 9.42. The zero-order chi connectivity index (χ0) is 62.4. The Morgan fingerprint density at radius 3 is 1.07 bits per heavy atom. The molecule has 0 aromatic heterocycles. The molecule has 85 heavy (non-hydrogen) atoms. The highest BCUT2D eigenvalue weighted by Gasteiger charge is 2.29. The first-order valence-electron chi connectivity index (χ1n) is 31.8. The molecule has 0 aliphatic carbocycles. The van der Waals surface area contributed by atoms with E-state index in [1.807, 2.05) is 18.2 Å². The standard InChI is InChI=1S/C67H112O16P2/c1-4-7-10-13-16-19-22-25-27-29-30-32-34-36-38-41-44-47-50-53-65(70)77-56-62(68)57-79-84(73,74)80-58-63(69)59-81-85(75,76)82-61-64(83-67(72)55-52-49-46-43-40-35-24-21-18-15-12-9-6-3)60-78-66(71)54-51-48-45-42-39-37-33-31-28-26-23-20-17-14-11-8-5-2/h7-8,10-11,16-17,19-21,24-28,30,32,36,38,44,47,62-64,68-69H,4-6,9,12-15,18,22-23,29,31,33-35,37,39-43,45-46,48-61H2,1-3H3,(H,73,74)(H,75,76)/b10-7-,11-8-,19-16-,20-17-,24-21-,27-25-,28-26-,32-30-,38-36-,47-44-. The third kappa shape index (κ3) is 61.4. The summed E-state index contributed by atoms with van der Waals surface area (Å²) in [4.78, 5) is 58.2. The summed E-state index contributed by atoms with van der Waals surface area (Å²) in [6, 6.07) is 0. The highest BCUT2D eigenvalue weighted by molar-refractivity contribution is 7.47. The van der Waals surface area contributed by atoms with E-state index in [0.29, 0.717) is 25.7 Å². The third-order valence-electron chi connectivity index (χ3n) is 12.7. The van der Waals surface area contributed by atoms with Gasteiger partial charge >= 0.3 is 33.6 Å². The first-order valence-corrected chi connectivity index (χ1v) is 34.8. The quantitative estimate of drug-likeness (QED) is 0.0146. The summed E-state index contributed by atoms with van der Waals surface area (Å²) >= 11 is 0. The van der Waals surface area contributed by atoms with Crippen LogP contribution in [-0.4, -0.2) is 95.9 Å². The molecule has 0 bridgehead atoms. The Labute approximate surface area is 512 Å². The van der Waals surface area contributed by atoms with Crippen LogP contribution in [0.3, 0.4) is 0 Å². The van der Waals surface area contributed by atoms with Crippen molar-refractivity contribution in [2.75, 3.05) is 39.6 Å². The van der Waals surface area contributed by atoms with Crippen LogP contribution in [0.15, 0.2) is 122 Å². The number of unbranched alkanes of at least 4 members (excludes halogenated alkanes) is 16. The lowest BCUT2D eigenvalue weighted by molar-refractivity contribution is -0.161. The lowest BCUT2D eigenvalue weighted by Gasteiger charge is -2.21. The SMILES string of the molecule is CC/C=C\C/C=C\C/C=C\C/C=C\C/C=C\C/C=C\CCC(=O)OCC(O)COP(=O)(O)OCC(O)COP(=O)(O)OCC(COC(=O)CCCCCCCCC/C=C\C/C=C\C/C=C\CC)OC(=O)CCCCCCC/C=C\CCCCCC. The predicted octanol–water partition coefficient (Wildman–Crippen LogP) is 17.1. The average Bonchev–Trinajstić information content (AvgIpc) is 3.51. The van der Waals surface area contributed by atoms with Crippen LogP contribution in [0.25, 0.3) is 0 Å². The van der Waals surface area contributed by atoms with Crippen molar-refractivity contribution in [2.45, 2.75) is 245 Å². The molecule has 0 spiro atoms. The molecule has 0 amide bonds. The predicted molar refractivity (Wildman–Crippen MR) is 343 cm³/mol. The first kappa shape index (κ1) is 81.0. The van der Waals surface area contributed by atoms with E-state index in [-0.39, 0.29) is 19.3 Å². The number of allylic oxidation sites excluding steroid dienone is 20. The van der Waals surface area contributed by atoms with Gasteiger partial charge in [0.25, 0.3) is 0 Å². The molecule has 4 N–H and O–H groups in total. The second-order valence-electron chi connectivity index (χ2n) is 20.8. The van der Waals surface area contributed by atoms with E-state index in [9.17, 15) is 43.5 Å². The van der Waals surface area contributed by atoms with Crippen molar-refractivity contribution in [3.63, 3.8) is 0 Å². The molecule has 0 radical (unpaired) electrons. The highest BCUT2D eigenvalue weighted by atomic mass is 31.2. The Hall–Kier alpha value is -4.05. The van der Waals surface area contributed by atoms with Crippen LogP contribution in [0.5, 0.6) is 0 Å². The lowest BCUT2D eigenvalue weighted by Crippen LogP contribution is -2.30. The molecule has 0 heterocycles. The second-order valence-corrected chi connectivity index (χ2v) is 23.7. The number of rotatable bonds is 59. The number of aliphatic hydroxyl groups is 2. The normalized spacial score (nSPS) is 15.1. The largest absolute Gasteiger partial charge is 0.472 e. The minimum Gasteiger partial charge on any atom is -0.463 e. The van der Waals surface area contributed by atoms with Gasteiger partial charge in [0.15, 0.2) is 6.10 Å². The summed E-state index contributed by atoms with van der Waals surface area (Å²) in [6.07, 6.45) is 67.0. The zero-order valence-corrected chi connectivity index (χ0v) is 54.0. The number of esters is 3. The summed E-state index contributed by atoms with van der Waals surface area (Å²) in [5, 5.41) is 20.5. The van der Waals surface area contributed by atoms with Gasteiger partial charge in [0, 0.05) is 19.3 Å². The Morgan fingerprint density at radius 2 is 0.647 bits per heavy atom. The Balaban J connectivity index is 4.74. The van der Waals surface area contributed by atoms with Crippen LogP contribution < -0.4 is 0 Å². The number of carbonyl (C=O) groups is 3. The van der Waals surface area contributed by atoms with Crippen molar-refractivity contribution in [3.8, 4) is 0 Å². The number of carbonyl (C=O) groups excluding carboxylic acids is 3. The van der Waals surface area contributed by atoms with Crippen molar-refractivity contribution < 1.29 is 75.8 Å². The molecular formula is C67H112O16P2. The smallest absolute Gasteiger partial charge is 0.463 e. The molecule has 0 aliphatic rings. The number of phosphoric ester groups is 2. The minimum absolute atomic E-state index is 0.0573. The van der Waals surface area contributed by atoms with Gasteiger partial charge in [-0.25, -0.2) is 9.13 Å². The number of ether oxygens (including phenoxy) is 3. The van der Waals surface area contributed by atoms with Gasteiger partial charge in [0.05, 0.1) is 26.4 Å². The number of phosphoric acid groups is 2. The van der Waals surface area contributed by atoms with Gasteiger partial charge in [-0.3, -0.25) is 32.5 Å². The Bertz CT molecular complexity index is 2040. The molecular weight excluding hydrogens is 1120 g/mol. The fraction of sp³-hybridized carbons (Fsp3) is 0.657. The number of hydrogen-bond donors (Lipinski definition) is 4.